The lowest BCUT2D eigenvalue weighted by molar-refractivity contribution is -0.384. The van der Waals surface area contributed by atoms with Crippen LogP contribution in [0.1, 0.15) is 10.9 Å². The van der Waals surface area contributed by atoms with Crippen LogP contribution >= 0.6 is 23.4 Å². The fraction of sp³-hybridized carbons (Fsp3) is 0.300. The fourth-order valence-corrected chi connectivity index (χ4v) is 3.19. The maximum absolute atomic E-state index is 10.8. The summed E-state index contributed by atoms with van der Waals surface area (Å²) >= 11 is 7.35. The lowest BCUT2D eigenvalue weighted by Crippen LogP contribution is -2.33. The molecule has 0 bridgehead atoms. The van der Waals surface area contributed by atoms with E-state index in [1.807, 2.05) is 0 Å². The highest BCUT2D eigenvalue weighted by atomic mass is 35.5. The Bertz CT molecular complexity index is 511. The van der Waals surface area contributed by atoms with E-state index in [0.717, 1.165) is 0 Å². The Hall–Kier alpha value is -1.31. The third-order valence-electron chi connectivity index (χ3n) is 2.55. The summed E-state index contributed by atoms with van der Waals surface area (Å²) in [6, 6.07) is 3.48. The van der Waals surface area contributed by atoms with E-state index < -0.39 is 16.9 Å². The second-order valence-electron chi connectivity index (χ2n) is 3.73. The van der Waals surface area contributed by atoms with Gasteiger partial charge in [0.05, 0.1) is 10.3 Å². The SMILES string of the molecule is O=C(O)[C@@H]1CS[C@H](c2cc([N+](=O)[O-])ccc2Cl)N1. The molecule has 2 atom stereocenters. The van der Waals surface area contributed by atoms with Crippen LogP contribution < -0.4 is 5.32 Å². The first-order valence-electron chi connectivity index (χ1n) is 5.03. The number of rotatable bonds is 3. The van der Waals surface area contributed by atoms with Crippen LogP contribution in [0.2, 0.25) is 5.02 Å². The zero-order valence-corrected chi connectivity index (χ0v) is 10.6. The average molecular weight is 289 g/mol. The number of nitro groups is 1. The second-order valence-corrected chi connectivity index (χ2v) is 5.28. The molecule has 6 nitrogen and oxygen atoms in total. The molecule has 8 heteroatoms. The van der Waals surface area contributed by atoms with Gasteiger partial charge in [0.15, 0.2) is 0 Å². The van der Waals surface area contributed by atoms with E-state index in [9.17, 15) is 14.9 Å². The van der Waals surface area contributed by atoms with Crippen LogP contribution in [0.4, 0.5) is 5.69 Å². The molecule has 1 fully saturated rings. The van der Waals surface area contributed by atoms with Gasteiger partial charge in [-0.25, -0.2) is 0 Å². The number of nitro benzene ring substituents is 1. The fourth-order valence-electron chi connectivity index (χ4n) is 1.64. The quantitative estimate of drug-likeness (QED) is 0.653. The van der Waals surface area contributed by atoms with Gasteiger partial charge in [0.1, 0.15) is 6.04 Å². The maximum Gasteiger partial charge on any atom is 0.321 e. The van der Waals surface area contributed by atoms with Crippen molar-refractivity contribution in [3.8, 4) is 0 Å². The highest BCUT2D eigenvalue weighted by Gasteiger charge is 2.32. The van der Waals surface area contributed by atoms with Gasteiger partial charge in [-0.1, -0.05) is 11.6 Å². The first-order chi connectivity index (χ1) is 8.49. The van der Waals surface area contributed by atoms with Crippen LogP contribution in [-0.2, 0) is 4.79 Å². The third-order valence-corrected chi connectivity index (χ3v) is 4.15. The molecule has 0 saturated carbocycles. The summed E-state index contributed by atoms with van der Waals surface area (Å²) in [6.07, 6.45) is 0. The topological polar surface area (TPSA) is 92.5 Å². The molecule has 96 valence electrons. The third kappa shape index (κ3) is 2.58. The van der Waals surface area contributed by atoms with Gasteiger partial charge in [0, 0.05) is 28.5 Å². The summed E-state index contributed by atoms with van der Waals surface area (Å²) in [5.41, 5.74) is 0.482. The standard InChI is InChI=1S/C10H9ClN2O4S/c11-7-2-1-5(13(16)17)3-6(7)9-12-8(4-18-9)10(14)15/h1-3,8-9,12H,4H2,(H,14,15)/t8-,9+/m0/s1. The molecule has 0 aliphatic carbocycles. The van der Waals surface area contributed by atoms with Crippen molar-refractivity contribution in [2.24, 2.45) is 0 Å². The summed E-state index contributed by atoms with van der Waals surface area (Å²) in [7, 11) is 0. The molecule has 1 aliphatic rings. The van der Waals surface area contributed by atoms with E-state index in [1.165, 1.54) is 30.0 Å². The first-order valence-corrected chi connectivity index (χ1v) is 6.46. The molecule has 1 heterocycles. The summed E-state index contributed by atoms with van der Waals surface area (Å²) in [6.45, 7) is 0. The molecule has 1 aliphatic heterocycles. The van der Waals surface area contributed by atoms with Crippen LogP contribution in [0.25, 0.3) is 0 Å². The molecular formula is C10H9ClN2O4S. The molecule has 0 amide bonds. The van der Waals surface area contributed by atoms with Gasteiger partial charge in [-0.2, -0.15) is 0 Å². The number of halogens is 1. The number of carboxylic acids is 1. The maximum atomic E-state index is 10.8. The van der Waals surface area contributed by atoms with Crippen LogP contribution in [0.15, 0.2) is 18.2 Å². The minimum atomic E-state index is -0.938. The lowest BCUT2D eigenvalue weighted by atomic mass is 10.2. The number of aliphatic carboxylic acids is 1. The Balaban J connectivity index is 2.26. The summed E-state index contributed by atoms with van der Waals surface area (Å²) < 4.78 is 0. The molecule has 1 saturated heterocycles. The average Bonchev–Trinajstić information content (AvgIpc) is 2.78. The Kier molecular flexibility index (Phi) is 3.74. The normalized spacial score (nSPS) is 22.9. The number of thioether (sulfide) groups is 1. The van der Waals surface area contributed by atoms with Gasteiger partial charge in [0.25, 0.3) is 5.69 Å². The number of nitrogens with zero attached hydrogens (tertiary/aromatic N) is 1. The highest BCUT2D eigenvalue weighted by molar-refractivity contribution is 7.99. The lowest BCUT2D eigenvalue weighted by Gasteiger charge is -2.12. The van der Waals surface area contributed by atoms with E-state index in [2.05, 4.69) is 5.32 Å². The van der Waals surface area contributed by atoms with Crippen molar-refractivity contribution in [3.05, 3.63) is 38.9 Å². The summed E-state index contributed by atoms with van der Waals surface area (Å²) in [4.78, 5) is 21.0. The number of hydrogen-bond donors (Lipinski definition) is 2. The summed E-state index contributed by atoms with van der Waals surface area (Å²) in [5.74, 6) is -0.537. The van der Waals surface area contributed by atoms with E-state index in [-0.39, 0.29) is 11.1 Å². The minimum absolute atomic E-state index is 0.0597. The van der Waals surface area contributed by atoms with Crippen LogP contribution in [-0.4, -0.2) is 27.8 Å². The smallest absolute Gasteiger partial charge is 0.321 e. The molecule has 2 N–H and O–H groups in total. The van der Waals surface area contributed by atoms with Gasteiger partial charge in [-0.3, -0.25) is 20.2 Å². The Morgan fingerprint density at radius 3 is 2.89 bits per heavy atom. The zero-order chi connectivity index (χ0) is 13.3. The van der Waals surface area contributed by atoms with Gasteiger partial charge >= 0.3 is 5.97 Å². The molecule has 0 aromatic heterocycles. The van der Waals surface area contributed by atoms with Crippen molar-refractivity contribution in [3.63, 3.8) is 0 Å². The molecule has 1 aromatic carbocycles. The van der Waals surface area contributed by atoms with Crippen molar-refractivity contribution in [2.45, 2.75) is 11.4 Å². The molecule has 0 unspecified atom stereocenters. The molecule has 0 spiro atoms. The van der Waals surface area contributed by atoms with Crippen LogP contribution in [0.3, 0.4) is 0 Å². The Morgan fingerprint density at radius 2 is 2.33 bits per heavy atom. The zero-order valence-electron chi connectivity index (χ0n) is 9.00. The van der Waals surface area contributed by atoms with Crippen molar-refractivity contribution in [1.82, 2.24) is 5.32 Å². The van der Waals surface area contributed by atoms with Gasteiger partial charge < -0.3 is 5.11 Å². The monoisotopic (exact) mass is 288 g/mol. The largest absolute Gasteiger partial charge is 0.480 e. The van der Waals surface area contributed by atoms with Crippen molar-refractivity contribution < 1.29 is 14.8 Å². The Labute approximate surface area is 111 Å². The van der Waals surface area contributed by atoms with Crippen molar-refractivity contribution in [2.75, 3.05) is 5.75 Å². The number of non-ortho nitro benzene ring substituents is 1. The Morgan fingerprint density at radius 1 is 1.61 bits per heavy atom. The number of benzene rings is 1. The number of carbonyl (C=O) groups is 1. The summed E-state index contributed by atoms with van der Waals surface area (Å²) in [5, 5.41) is 22.5. The molecule has 1 aromatic rings. The molecular weight excluding hydrogens is 280 g/mol. The van der Waals surface area contributed by atoms with Crippen LogP contribution in [0.5, 0.6) is 0 Å². The minimum Gasteiger partial charge on any atom is -0.480 e. The van der Waals surface area contributed by atoms with Gasteiger partial charge in [-0.05, 0) is 6.07 Å². The predicted molar refractivity (Wildman–Crippen MR) is 67.9 cm³/mol. The molecule has 0 radical (unpaired) electrons. The number of carboxylic acid groups (broad SMARTS) is 1. The van der Waals surface area contributed by atoms with Gasteiger partial charge in [0.2, 0.25) is 0 Å². The van der Waals surface area contributed by atoms with E-state index >= 15 is 0 Å². The predicted octanol–water partition coefficient (Wildman–Crippen LogP) is 2.04. The van der Waals surface area contributed by atoms with Gasteiger partial charge in [-0.15, -0.1) is 11.8 Å². The van der Waals surface area contributed by atoms with Crippen LogP contribution in [0, 0.1) is 10.1 Å². The highest BCUT2D eigenvalue weighted by Crippen LogP contribution is 2.38. The van der Waals surface area contributed by atoms with E-state index in [4.69, 9.17) is 16.7 Å². The number of hydrogen-bond acceptors (Lipinski definition) is 5. The van der Waals surface area contributed by atoms with E-state index in [0.29, 0.717) is 16.3 Å². The first kappa shape index (κ1) is 13.1. The second kappa shape index (κ2) is 5.13. The number of nitrogens with one attached hydrogen (secondary N) is 1. The van der Waals surface area contributed by atoms with Crippen molar-refractivity contribution >= 4 is 35.0 Å². The van der Waals surface area contributed by atoms with Crippen molar-refractivity contribution in [1.29, 1.82) is 0 Å². The van der Waals surface area contributed by atoms with E-state index in [1.54, 1.807) is 0 Å². The molecule has 18 heavy (non-hydrogen) atoms. The molecule has 2 rings (SSSR count).